The van der Waals surface area contributed by atoms with Crippen LogP contribution in [0.15, 0.2) is 41.4 Å². The highest BCUT2D eigenvalue weighted by Gasteiger charge is 2.01. The Hall–Kier alpha value is -1.44. The van der Waals surface area contributed by atoms with E-state index in [0.29, 0.717) is 0 Å². The van der Waals surface area contributed by atoms with Crippen LogP contribution in [0.25, 0.3) is 5.70 Å². The molecule has 0 fully saturated rings. The van der Waals surface area contributed by atoms with Gasteiger partial charge < -0.3 is 9.73 Å². The van der Waals surface area contributed by atoms with Crippen LogP contribution in [0.1, 0.15) is 12.0 Å². The first-order chi connectivity index (χ1) is 5.47. The lowest BCUT2D eigenvalue weighted by atomic mass is 10.2. The lowest BCUT2D eigenvalue weighted by molar-refractivity contribution is 0.566. The van der Waals surface area contributed by atoms with Gasteiger partial charge in [0, 0.05) is 11.3 Å². The van der Waals surface area contributed by atoms with Crippen molar-refractivity contribution in [2.24, 2.45) is 0 Å². The zero-order valence-corrected chi connectivity index (χ0v) is 6.08. The van der Waals surface area contributed by atoms with Gasteiger partial charge in [-0.1, -0.05) is 12.2 Å². The molecule has 2 nitrogen and oxygen atoms in total. The summed E-state index contributed by atoms with van der Waals surface area (Å²) in [4.78, 5) is 0. The molecule has 0 spiro atoms. The van der Waals surface area contributed by atoms with E-state index in [-0.39, 0.29) is 0 Å². The Morgan fingerprint density at radius 3 is 3.09 bits per heavy atom. The summed E-state index contributed by atoms with van der Waals surface area (Å²) in [6, 6.07) is 1.94. The average Bonchev–Trinajstić information content (AvgIpc) is 2.58. The van der Waals surface area contributed by atoms with Crippen molar-refractivity contribution < 1.29 is 4.42 Å². The summed E-state index contributed by atoms with van der Waals surface area (Å²) in [5, 5.41) is 3.14. The maximum absolute atomic E-state index is 4.96. The van der Waals surface area contributed by atoms with Gasteiger partial charge in [0.25, 0.3) is 0 Å². The van der Waals surface area contributed by atoms with Gasteiger partial charge >= 0.3 is 0 Å². The second-order valence-corrected chi connectivity index (χ2v) is 2.41. The molecule has 0 atom stereocenters. The second kappa shape index (κ2) is 2.66. The highest BCUT2D eigenvalue weighted by atomic mass is 16.3. The first-order valence-electron chi connectivity index (χ1n) is 3.61. The first-order valence-corrected chi connectivity index (χ1v) is 3.61. The summed E-state index contributed by atoms with van der Waals surface area (Å²) in [5.74, 6) is 0. The largest absolute Gasteiger partial charge is 0.472 e. The topological polar surface area (TPSA) is 25.2 Å². The molecule has 2 heteroatoms. The summed E-state index contributed by atoms with van der Waals surface area (Å²) >= 11 is 0. The Balaban J connectivity index is 2.24. The van der Waals surface area contributed by atoms with Crippen molar-refractivity contribution in [2.45, 2.75) is 6.42 Å². The lowest BCUT2D eigenvalue weighted by Gasteiger charge is -2.07. The standard InChI is InChI=1S/C9H9NO/c1-2-5-10-9(3-1)8-4-6-11-7-8/h2-7,10H,1H2. The number of hydrogen-bond donors (Lipinski definition) is 1. The second-order valence-electron chi connectivity index (χ2n) is 2.41. The quantitative estimate of drug-likeness (QED) is 0.658. The van der Waals surface area contributed by atoms with E-state index in [1.165, 1.54) is 0 Å². The van der Waals surface area contributed by atoms with E-state index in [9.17, 15) is 0 Å². The van der Waals surface area contributed by atoms with Crippen molar-refractivity contribution in [1.82, 2.24) is 5.32 Å². The molecule has 0 saturated heterocycles. The van der Waals surface area contributed by atoms with E-state index in [0.717, 1.165) is 17.7 Å². The van der Waals surface area contributed by atoms with Gasteiger partial charge in [0.2, 0.25) is 0 Å². The van der Waals surface area contributed by atoms with E-state index in [2.05, 4.69) is 17.5 Å². The number of nitrogens with one attached hydrogen (secondary N) is 1. The normalized spacial score (nSPS) is 15.8. The molecule has 0 amide bonds. The van der Waals surface area contributed by atoms with E-state index >= 15 is 0 Å². The van der Waals surface area contributed by atoms with Crippen LogP contribution in [0.3, 0.4) is 0 Å². The molecule has 2 rings (SSSR count). The third-order valence-corrected chi connectivity index (χ3v) is 1.65. The molecule has 1 aromatic rings. The van der Waals surface area contributed by atoms with Gasteiger partial charge in [-0.05, 0) is 18.7 Å². The van der Waals surface area contributed by atoms with Crippen LogP contribution in [-0.4, -0.2) is 0 Å². The minimum Gasteiger partial charge on any atom is -0.472 e. The maximum Gasteiger partial charge on any atom is 0.0995 e. The third-order valence-electron chi connectivity index (χ3n) is 1.65. The fourth-order valence-corrected chi connectivity index (χ4v) is 1.08. The van der Waals surface area contributed by atoms with Gasteiger partial charge in [-0.3, -0.25) is 0 Å². The van der Waals surface area contributed by atoms with Crippen LogP contribution in [-0.2, 0) is 0 Å². The van der Waals surface area contributed by atoms with Gasteiger partial charge in [0.1, 0.15) is 0 Å². The van der Waals surface area contributed by atoms with E-state index in [1.54, 1.807) is 12.5 Å². The van der Waals surface area contributed by atoms with Gasteiger partial charge in [-0.2, -0.15) is 0 Å². The van der Waals surface area contributed by atoms with Gasteiger partial charge in [-0.25, -0.2) is 0 Å². The monoisotopic (exact) mass is 147 g/mol. The molecule has 0 radical (unpaired) electrons. The molecule has 0 unspecified atom stereocenters. The Morgan fingerprint density at radius 1 is 1.45 bits per heavy atom. The molecule has 56 valence electrons. The Kier molecular flexibility index (Phi) is 1.52. The summed E-state index contributed by atoms with van der Waals surface area (Å²) < 4.78 is 4.96. The number of allylic oxidation sites excluding steroid dienone is 2. The summed E-state index contributed by atoms with van der Waals surface area (Å²) in [6.07, 6.45) is 10.6. The van der Waals surface area contributed by atoms with Crippen molar-refractivity contribution >= 4 is 5.70 Å². The van der Waals surface area contributed by atoms with Crippen molar-refractivity contribution in [3.05, 3.63) is 42.5 Å². The first kappa shape index (κ1) is 6.28. The number of rotatable bonds is 1. The van der Waals surface area contributed by atoms with Crippen LogP contribution >= 0.6 is 0 Å². The van der Waals surface area contributed by atoms with Crippen molar-refractivity contribution in [3.8, 4) is 0 Å². The predicted octanol–water partition coefficient (Wildman–Crippen LogP) is 2.13. The zero-order valence-electron chi connectivity index (χ0n) is 6.08. The fourth-order valence-electron chi connectivity index (χ4n) is 1.08. The molecule has 0 aromatic carbocycles. The minimum absolute atomic E-state index is 0.994. The molecule has 1 aliphatic rings. The van der Waals surface area contributed by atoms with Crippen LogP contribution < -0.4 is 5.32 Å². The van der Waals surface area contributed by atoms with Crippen LogP contribution in [0, 0.1) is 0 Å². The Labute approximate surface area is 65.2 Å². The summed E-state index contributed by atoms with van der Waals surface area (Å²) in [7, 11) is 0. The molecular weight excluding hydrogens is 138 g/mol. The maximum atomic E-state index is 4.96. The van der Waals surface area contributed by atoms with Gasteiger partial charge in [-0.15, -0.1) is 0 Å². The van der Waals surface area contributed by atoms with Gasteiger partial charge in [0.05, 0.1) is 12.5 Å². The van der Waals surface area contributed by atoms with Gasteiger partial charge in [0.15, 0.2) is 0 Å². The summed E-state index contributed by atoms with van der Waals surface area (Å²) in [6.45, 7) is 0. The minimum atomic E-state index is 0.994. The molecule has 1 aliphatic heterocycles. The number of hydrogen-bond acceptors (Lipinski definition) is 2. The molecule has 1 N–H and O–H groups in total. The molecule has 0 aliphatic carbocycles. The highest BCUT2D eigenvalue weighted by molar-refractivity contribution is 5.64. The molecule has 0 bridgehead atoms. The molecule has 0 saturated carbocycles. The smallest absolute Gasteiger partial charge is 0.0995 e. The van der Waals surface area contributed by atoms with Crippen molar-refractivity contribution in [1.29, 1.82) is 0 Å². The number of dihydropyridines is 1. The average molecular weight is 147 g/mol. The highest BCUT2D eigenvalue weighted by Crippen LogP contribution is 2.14. The number of furan rings is 1. The lowest BCUT2D eigenvalue weighted by Crippen LogP contribution is -2.05. The van der Waals surface area contributed by atoms with Crippen molar-refractivity contribution in [2.75, 3.05) is 0 Å². The van der Waals surface area contributed by atoms with E-state index < -0.39 is 0 Å². The predicted molar refractivity (Wildman–Crippen MR) is 43.6 cm³/mol. The Morgan fingerprint density at radius 2 is 2.45 bits per heavy atom. The molecule has 1 aromatic heterocycles. The van der Waals surface area contributed by atoms with E-state index in [4.69, 9.17) is 4.42 Å². The SMILES string of the molecule is C1=CNC(c2ccoc2)=CC1. The molecule has 2 heterocycles. The zero-order chi connectivity index (χ0) is 7.52. The van der Waals surface area contributed by atoms with Crippen LogP contribution in [0.2, 0.25) is 0 Å². The Bertz CT molecular complexity index is 283. The fraction of sp³-hybridized carbons (Fsp3) is 0.111. The van der Waals surface area contributed by atoms with Crippen LogP contribution in [0.4, 0.5) is 0 Å². The molecule has 11 heavy (non-hydrogen) atoms. The third kappa shape index (κ3) is 1.19. The van der Waals surface area contributed by atoms with Crippen molar-refractivity contribution in [3.63, 3.8) is 0 Å². The van der Waals surface area contributed by atoms with E-state index in [1.807, 2.05) is 12.3 Å². The van der Waals surface area contributed by atoms with Crippen LogP contribution in [0.5, 0.6) is 0 Å². The molecular formula is C9H9NO. The summed E-state index contributed by atoms with van der Waals surface area (Å²) in [5.41, 5.74) is 2.23.